The van der Waals surface area contributed by atoms with Crippen molar-refractivity contribution in [3.05, 3.63) is 28.3 Å². The van der Waals surface area contributed by atoms with Crippen molar-refractivity contribution in [3.63, 3.8) is 0 Å². The van der Waals surface area contributed by atoms with Crippen molar-refractivity contribution in [2.75, 3.05) is 23.3 Å². The Morgan fingerprint density at radius 3 is 2.68 bits per heavy atom. The number of nitrogens with zero attached hydrogens (tertiary/aromatic N) is 2. The van der Waals surface area contributed by atoms with Crippen LogP contribution in [0.4, 0.5) is 17.1 Å². The SMILES string of the molecule is CCNc1cc(N2CC(C)CC2C)cc([N+](=O)[O-])c1. The first kappa shape index (κ1) is 13.6. The van der Waals surface area contributed by atoms with E-state index in [9.17, 15) is 10.1 Å². The van der Waals surface area contributed by atoms with E-state index in [-0.39, 0.29) is 10.6 Å². The molecule has 0 aromatic heterocycles. The van der Waals surface area contributed by atoms with Crippen LogP contribution >= 0.6 is 0 Å². The minimum Gasteiger partial charge on any atom is -0.385 e. The number of rotatable bonds is 4. The number of benzene rings is 1. The Balaban J connectivity index is 2.36. The second-order valence-corrected chi connectivity index (χ2v) is 5.37. The van der Waals surface area contributed by atoms with Crippen molar-refractivity contribution < 1.29 is 4.92 Å². The third-order valence-corrected chi connectivity index (χ3v) is 3.61. The van der Waals surface area contributed by atoms with E-state index in [0.717, 1.165) is 30.9 Å². The van der Waals surface area contributed by atoms with Crippen molar-refractivity contribution in [3.8, 4) is 0 Å². The van der Waals surface area contributed by atoms with Crippen LogP contribution in [0.5, 0.6) is 0 Å². The summed E-state index contributed by atoms with van der Waals surface area (Å²) in [5, 5.41) is 14.2. The van der Waals surface area contributed by atoms with Gasteiger partial charge in [0, 0.05) is 42.6 Å². The molecule has 104 valence electrons. The quantitative estimate of drug-likeness (QED) is 0.669. The number of anilines is 2. The Bertz CT molecular complexity index is 476. The van der Waals surface area contributed by atoms with Crippen molar-refractivity contribution in [1.29, 1.82) is 0 Å². The van der Waals surface area contributed by atoms with Gasteiger partial charge in [-0.05, 0) is 32.3 Å². The van der Waals surface area contributed by atoms with Crippen LogP contribution in [0.3, 0.4) is 0 Å². The van der Waals surface area contributed by atoms with E-state index >= 15 is 0 Å². The molecule has 1 aliphatic rings. The first-order valence-electron chi connectivity index (χ1n) is 6.81. The molecule has 5 heteroatoms. The Morgan fingerprint density at radius 2 is 2.16 bits per heavy atom. The molecule has 1 aromatic rings. The maximum atomic E-state index is 11.0. The summed E-state index contributed by atoms with van der Waals surface area (Å²) in [7, 11) is 0. The van der Waals surface area contributed by atoms with Gasteiger partial charge in [-0.25, -0.2) is 0 Å². The summed E-state index contributed by atoms with van der Waals surface area (Å²) in [5.41, 5.74) is 1.92. The lowest BCUT2D eigenvalue weighted by atomic mass is 10.1. The molecule has 1 heterocycles. The van der Waals surface area contributed by atoms with Gasteiger partial charge in [-0.3, -0.25) is 10.1 Å². The van der Waals surface area contributed by atoms with E-state index in [1.165, 1.54) is 0 Å². The van der Waals surface area contributed by atoms with Crippen LogP contribution in [0, 0.1) is 16.0 Å². The summed E-state index contributed by atoms with van der Waals surface area (Å²) in [5.74, 6) is 0.636. The summed E-state index contributed by atoms with van der Waals surface area (Å²) >= 11 is 0. The zero-order valence-corrected chi connectivity index (χ0v) is 11.7. The lowest BCUT2D eigenvalue weighted by Gasteiger charge is -2.24. The highest BCUT2D eigenvalue weighted by molar-refractivity contribution is 5.65. The maximum Gasteiger partial charge on any atom is 0.273 e. The minimum atomic E-state index is -0.325. The van der Waals surface area contributed by atoms with Gasteiger partial charge in [0.1, 0.15) is 0 Å². The van der Waals surface area contributed by atoms with Crippen molar-refractivity contribution in [1.82, 2.24) is 0 Å². The molecule has 0 spiro atoms. The average molecular weight is 263 g/mol. The van der Waals surface area contributed by atoms with Gasteiger partial charge in [0.2, 0.25) is 0 Å². The van der Waals surface area contributed by atoms with Crippen LogP contribution in [-0.4, -0.2) is 24.1 Å². The lowest BCUT2D eigenvalue weighted by Crippen LogP contribution is -2.26. The lowest BCUT2D eigenvalue weighted by molar-refractivity contribution is -0.384. The van der Waals surface area contributed by atoms with Crippen LogP contribution in [0.2, 0.25) is 0 Å². The molecule has 1 aliphatic heterocycles. The second-order valence-electron chi connectivity index (χ2n) is 5.37. The van der Waals surface area contributed by atoms with Crippen LogP contribution in [-0.2, 0) is 0 Å². The molecule has 2 atom stereocenters. The molecule has 1 N–H and O–H groups in total. The number of non-ortho nitro benzene ring substituents is 1. The Labute approximate surface area is 113 Å². The first-order valence-corrected chi connectivity index (χ1v) is 6.81. The van der Waals surface area contributed by atoms with Gasteiger partial charge in [-0.1, -0.05) is 6.92 Å². The molecular formula is C14H21N3O2. The fraction of sp³-hybridized carbons (Fsp3) is 0.571. The van der Waals surface area contributed by atoms with Crippen LogP contribution in [0.25, 0.3) is 0 Å². The number of nitrogens with one attached hydrogen (secondary N) is 1. The number of hydrogen-bond acceptors (Lipinski definition) is 4. The minimum absolute atomic E-state index is 0.153. The average Bonchev–Trinajstić information content (AvgIpc) is 2.68. The third kappa shape index (κ3) is 2.97. The highest BCUT2D eigenvalue weighted by Crippen LogP contribution is 2.33. The van der Waals surface area contributed by atoms with Crippen molar-refractivity contribution in [2.24, 2.45) is 5.92 Å². The summed E-state index contributed by atoms with van der Waals surface area (Å²) in [4.78, 5) is 13.0. The van der Waals surface area contributed by atoms with Crippen LogP contribution in [0.1, 0.15) is 27.2 Å². The molecule has 0 radical (unpaired) electrons. The van der Waals surface area contributed by atoms with Gasteiger partial charge in [-0.15, -0.1) is 0 Å². The number of nitro groups is 1. The van der Waals surface area contributed by atoms with E-state index in [2.05, 4.69) is 24.1 Å². The summed E-state index contributed by atoms with van der Waals surface area (Å²) in [6, 6.07) is 5.71. The van der Waals surface area contributed by atoms with E-state index in [0.29, 0.717) is 12.0 Å². The van der Waals surface area contributed by atoms with Gasteiger partial charge < -0.3 is 10.2 Å². The Kier molecular flexibility index (Phi) is 3.93. The molecule has 0 bridgehead atoms. The van der Waals surface area contributed by atoms with E-state index in [1.807, 2.05) is 13.0 Å². The van der Waals surface area contributed by atoms with Gasteiger partial charge in [0.25, 0.3) is 5.69 Å². The molecule has 1 saturated heterocycles. The molecule has 19 heavy (non-hydrogen) atoms. The summed E-state index contributed by atoms with van der Waals surface area (Å²) in [6.07, 6.45) is 1.14. The number of hydrogen-bond donors (Lipinski definition) is 1. The molecule has 0 aliphatic carbocycles. The summed E-state index contributed by atoms with van der Waals surface area (Å²) < 4.78 is 0. The zero-order valence-electron chi connectivity index (χ0n) is 11.7. The first-order chi connectivity index (χ1) is 9.01. The fourth-order valence-corrected chi connectivity index (χ4v) is 2.83. The normalized spacial score (nSPS) is 22.6. The molecule has 1 aromatic carbocycles. The van der Waals surface area contributed by atoms with Gasteiger partial charge >= 0.3 is 0 Å². The topological polar surface area (TPSA) is 58.4 Å². The molecule has 1 fully saturated rings. The van der Waals surface area contributed by atoms with Gasteiger partial charge in [-0.2, -0.15) is 0 Å². The highest BCUT2D eigenvalue weighted by Gasteiger charge is 2.27. The van der Waals surface area contributed by atoms with Crippen molar-refractivity contribution >= 4 is 17.1 Å². The van der Waals surface area contributed by atoms with E-state index in [4.69, 9.17) is 0 Å². The molecule has 0 amide bonds. The monoisotopic (exact) mass is 263 g/mol. The predicted octanol–water partition coefficient (Wildman–Crippen LogP) is 3.26. The summed E-state index contributed by atoms with van der Waals surface area (Å²) in [6.45, 7) is 8.10. The Morgan fingerprint density at radius 1 is 1.42 bits per heavy atom. The number of nitro benzene ring substituents is 1. The molecule has 0 saturated carbocycles. The second kappa shape index (κ2) is 5.47. The standard InChI is InChI=1S/C14H21N3O2/c1-4-15-12-6-13(8-14(7-12)17(18)19)16-9-10(2)5-11(16)3/h6-8,10-11,15H,4-5,9H2,1-3H3. The molecule has 2 unspecified atom stereocenters. The van der Waals surface area contributed by atoms with Gasteiger partial charge in [0.05, 0.1) is 4.92 Å². The van der Waals surface area contributed by atoms with E-state index < -0.39 is 0 Å². The maximum absolute atomic E-state index is 11.0. The van der Waals surface area contributed by atoms with Crippen molar-refractivity contribution in [2.45, 2.75) is 33.2 Å². The fourth-order valence-electron chi connectivity index (χ4n) is 2.83. The van der Waals surface area contributed by atoms with Gasteiger partial charge in [0.15, 0.2) is 0 Å². The Hall–Kier alpha value is -1.78. The molecule has 2 rings (SSSR count). The zero-order chi connectivity index (χ0) is 14.0. The third-order valence-electron chi connectivity index (χ3n) is 3.61. The largest absolute Gasteiger partial charge is 0.385 e. The van der Waals surface area contributed by atoms with Crippen LogP contribution in [0.15, 0.2) is 18.2 Å². The highest BCUT2D eigenvalue weighted by atomic mass is 16.6. The predicted molar refractivity (Wildman–Crippen MR) is 77.8 cm³/mol. The molecular weight excluding hydrogens is 242 g/mol. The van der Waals surface area contributed by atoms with Crippen LogP contribution < -0.4 is 10.2 Å². The smallest absolute Gasteiger partial charge is 0.273 e. The van der Waals surface area contributed by atoms with E-state index in [1.54, 1.807) is 12.1 Å². The molecule has 5 nitrogen and oxygen atoms in total.